The van der Waals surface area contributed by atoms with Crippen LogP contribution in [0.3, 0.4) is 0 Å². The van der Waals surface area contributed by atoms with Gasteiger partial charge in [-0.3, -0.25) is 5.41 Å². The van der Waals surface area contributed by atoms with E-state index in [1.54, 1.807) is 6.92 Å². The number of hydrogen-bond donors (Lipinski definition) is 3. The molecule has 1 saturated carbocycles. The van der Waals surface area contributed by atoms with E-state index in [-0.39, 0.29) is 11.6 Å². The number of sulfonamides is 1. The Labute approximate surface area is 104 Å². The van der Waals surface area contributed by atoms with Crippen LogP contribution in [0.2, 0.25) is 0 Å². The topological polar surface area (TPSA) is 96.0 Å². The summed E-state index contributed by atoms with van der Waals surface area (Å²) in [5.41, 5.74) is 4.80. The van der Waals surface area contributed by atoms with Gasteiger partial charge in [0.25, 0.3) is 0 Å². The van der Waals surface area contributed by atoms with Gasteiger partial charge in [-0.25, -0.2) is 13.1 Å². The predicted octanol–water partition coefficient (Wildman–Crippen LogP) is 1.34. The largest absolute Gasteiger partial charge is 0.386 e. The minimum atomic E-state index is -3.32. The quantitative estimate of drug-likeness (QED) is 0.526. The summed E-state index contributed by atoms with van der Waals surface area (Å²) >= 11 is 0. The number of hydrogen-bond acceptors (Lipinski definition) is 3. The molecule has 100 valence electrons. The van der Waals surface area contributed by atoms with Crippen molar-refractivity contribution in [3.63, 3.8) is 0 Å². The van der Waals surface area contributed by atoms with E-state index >= 15 is 0 Å². The standard InChI is InChI=1S/C11H23N3O2S/c1-2-17(15,16)14-11(10(12)13)8-6-4-3-5-7-9-11/h14H,2-9H2,1H3,(H3,12,13). The van der Waals surface area contributed by atoms with Crippen molar-refractivity contribution in [3.05, 3.63) is 0 Å². The van der Waals surface area contributed by atoms with E-state index in [2.05, 4.69) is 4.72 Å². The van der Waals surface area contributed by atoms with Crippen LogP contribution >= 0.6 is 0 Å². The Morgan fingerprint density at radius 3 is 2.12 bits per heavy atom. The summed E-state index contributed by atoms with van der Waals surface area (Å²) in [6.45, 7) is 1.60. The first-order chi connectivity index (χ1) is 7.92. The SMILES string of the molecule is CCS(=O)(=O)NC1(C(=N)N)CCCCCCC1. The molecule has 1 fully saturated rings. The highest BCUT2D eigenvalue weighted by Crippen LogP contribution is 2.27. The van der Waals surface area contributed by atoms with Crippen LogP contribution in [-0.4, -0.2) is 25.5 Å². The van der Waals surface area contributed by atoms with Gasteiger partial charge in [-0.1, -0.05) is 32.1 Å². The molecule has 0 radical (unpaired) electrons. The molecule has 0 aromatic carbocycles. The Bertz CT molecular complexity index is 357. The van der Waals surface area contributed by atoms with E-state index < -0.39 is 15.6 Å². The maximum absolute atomic E-state index is 11.7. The van der Waals surface area contributed by atoms with Crippen LogP contribution in [0.25, 0.3) is 0 Å². The lowest BCUT2D eigenvalue weighted by Gasteiger charge is -2.34. The first-order valence-electron chi connectivity index (χ1n) is 6.28. The highest BCUT2D eigenvalue weighted by Gasteiger charge is 2.36. The van der Waals surface area contributed by atoms with E-state index in [1.165, 1.54) is 6.42 Å². The first kappa shape index (κ1) is 14.4. The lowest BCUT2D eigenvalue weighted by Crippen LogP contribution is -2.57. The molecular weight excluding hydrogens is 238 g/mol. The maximum Gasteiger partial charge on any atom is 0.212 e. The molecule has 0 saturated heterocycles. The van der Waals surface area contributed by atoms with Crippen molar-refractivity contribution in [2.24, 2.45) is 5.73 Å². The lowest BCUT2D eigenvalue weighted by molar-refractivity contribution is 0.367. The Morgan fingerprint density at radius 1 is 1.24 bits per heavy atom. The molecule has 1 rings (SSSR count). The Hall–Kier alpha value is -0.620. The van der Waals surface area contributed by atoms with Gasteiger partial charge in [0.2, 0.25) is 10.0 Å². The second-order valence-electron chi connectivity index (χ2n) is 4.77. The second-order valence-corrected chi connectivity index (χ2v) is 6.78. The van der Waals surface area contributed by atoms with Crippen molar-refractivity contribution in [2.45, 2.75) is 57.4 Å². The highest BCUT2D eigenvalue weighted by atomic mass is 32.2. The van der Waals surface area contributed by atoms with Crippen LogP contribution in [0, 0.1) is 5.41 Å². The highest BCUT2D eigenvalue weighted by molar-refractivity contribution is 7.89. The third-order valence-corrected chi connectivity index (χ3v) is 4.92. The van der Waals surface area contributed by atoms with Crippen LogP contribution in [0.4, 0.5) is 0 Å². The summed E-state index contributed by atoms with van der Waals surface area (Å²) in [7, 11) is -3.32. The molecule has 6 heteroatoms. The zero-order valence-corrected chi connectivity index (χ0v) is 11.3. The van der Waals surface area contributed by atoms with Crippen molar-refractivity contribution < 1.29 is 8.42 Å². The fourth-order valence-corrected chi connectivity index (χ4v) is 3.36. The molecule has 0 atom stereocenters. The third-order valence-electron chi connectivity index (χ3n) is 3.45. The molecule has 4 N–H and O–H groups in total. The monoisotopic (exact) mass is 261 g/mol. The zero-order chi connectivity index (χ0) is 12.9. The third kappa shape index (κ3) is 3.96. The van der Waals surface area contributed by atoms with Crippen LogP contribution in [0.1, 0.15) is 51.9 Å². The van der Waals surface area contributed by atoms with E-state index in [0.717, 1.165) is 25.7 Å². The summed E-state index contributed by atoms with van der Waals surface area (Å²) in [5, 5.41) is 7.71. The van der Waals surface area contributed by atoms with Gasteiger partial charge in [0.1, 0.15) is 5.84 Å². The minimum absolute atomic E-state index is 0.0298. The van der Waals surface area contributed by atoms with Crippen molar-refractivity contribution >= 4 is 15.9 Å². The second kappa shape index (κ2) is 5.82. The number of rotatable bonds is 4. The number of nitrogens with two attached hydrogens (primary N) is 1. The van der Waals surface area contributed by atoms with E-state index in [1.807, 2.05) is 0 Å². The van der Waals surface area contributed by atoms with Gasteiger partial charge >= 0.3 is 0 Å². The summed E-state index contributed by atoms with van der Waals surface area (Å²) in [6, 6.07) is 0. The van der Waals surface area contributed by atoms with Gasteiger partial charge in [0, 0.05) is 0 Å². The van der Waals surface area contributed by atoms with Crippen molar-refractivity contribution in [1.29, 1.82) is 5.41 Å². The van der Waals surface area contributed by atoms with Gasteiger partial charge in [-0.15, -0.1) is 0 Å². The first-order valence-corrected chi connectivity index (χ1v) is 7.93. The summed E-state index contributed by atoms with van der Waals surface area (Å²) in [6.07, 6.45) is 6.49. The van der Waals surface area contributed by atoms with Crippen LogP contribution in [-0.2, 0) is 10.0 Å². The van der Waals surface area contributed by atoms with Crippen molar-refractivity contribution in [2.75, 3.05) is 5.75 Å². The van der Waals surface area contributed by atoms with Gasteiger partial charge in [-0.2, -0.15) is 0 Å². The van der Waals surface area contributed by atoms with Crippen LogP contribution in [0.15, 0.2) is 0 Å². The average molecular weight is 261 g/mol. The molecule has 0 spiro atoms. The zero-order valence-electron chi connectivity index (χ0n) is 10.5. The maximum atomic E-state index is 11.7. The normalized spacial score (nSPS) is 21.5. The van der Waals surface area contributed by atoms with Gasteiger partial charge in [0.15, 0.2) is 0 Å². The molecule has 0 unspecified atom stereocenters. The Morgan fingerprint density at radius 2 is 1.71 bits per heavy atom. The van der Waals surface area contributed by atoms with E-state index in [0.29, 0.717) is 12.8 Å². The molecule has 0 aromatic rings. The van der Waals surface area contributed by atoms with Crippen LogP contribution < -0.4 is 10.5 Å². The molecular formula is C11H23N3O2S. The van der Waals surface area contributed by atoms with Crippen molar-refractivity contribution in [3.8, 4) is 0 Å². The molecule has 0 amide bonds. The van der Waals surface area contributed by atoms with Gasteiger partial charge in [0.05, 0.1) is 11.3 Å². The average Bonchev–Trinajstić information content (AvgIpc) is 2.22. The molecule has 0 bridgehead atoms. The smallest absolute Gasteiger partial charge is 0.212 e. The molecule has 1 aliphatic rings. The molecule has 5 nitrogen and oxygen atoms in total. The molecule has 17 heavy (non-hydrogen) atoms. The van der Waals surface area contributed by atoms with Gasteiger partial charge < -0.3 is 5.73 Å². The Balaban J connectivity index is 2.90. The van der Waals surface area contributed by atoms with Gasteiger partial charge in [-0.05, 0) is 19.8 Å². The van der Waals surface area contributed by atoms with Crippen LogP contribution in [0.5, 0.6) is 0 Å². The van der Waals surface area contributed by atoms with Crippen molar-refractivity contribution in [1.82, 2.24) is 4.72 Å². The summed E-state index contributed by atoms with van der Waals surface area (Å²) < 4.78 is 26.1. The number of nitrogens with one attached hydrogen (secondary N) is 2. The summed E-state index contributed by atoms with van der Waals surface area (Å²) in [4.78, 5) is 0. The summed E-state index contributed by atoms with van der Waals surface area (Å²) in [5.74, 6) is -0.0152. The molecule has 1 aliphatic carbocycles. The minimum Gasteiger partial charge on any atom is -0.386 e. The van der Waals surface area contributed by atoms with E-state index in [9.17, 15) is 8.42 Å². The fourth-order valence-electron chi connectivity index (χ4n) is 2.31. The Kier molecular flexibility index (Phi) is 4.94. The molecule has 0 heterocycles. The lowest BCUT2D eigenvalue weighted by atomic mass is 9.84. The fraction of sp³-hybridized carbons (Fsp3) is 0.909. The predicted molar refractivity (Wildman–Crippen MR) is 69.6 cm³/mol. The van der Waals surface area contributed by atoms with E-state index in [4.69, 9.17) is 11.1 Å². The number of amidine groups is 1. The molecule has 0 aliphatic heterocycles. The molecule has 0 aromatic heterocycles.